The number of fused-ring (bicyclic) bond motifs is 1. The number of pyridine rings is 1. The van der Waals surface area contributed by atoms with Crippen LogP contribution in [0.1, 0.15) is 42.4 Å². The van der Waals surface area contributed by atoms with Crippen molar-refractivity contribution in [1.82, 2.24) is 9.88 Å². The molecule has 0 bridgehead atoms. The van der Waals surface area contributed by atoms with Gasteiger partial charge in [-0.1, -0.05) is 35.9 Å². The van der Waals surface area contributed by atoms with Gasteiger partial charge >= 0.3 is 6.09 Å². The van der Waals surface area contributed by atoms with Gasteiger partial charge in [0.2, 0.25) is 0 Å². The monoisotopic (exact) mass is 373 g/mol. The molecule has 3 rings (SSSR count). The average Bonchev–Trinajstić information content (AvgIpc) is 2.95. The van der Waals surface area contributed by atoms with Gasteiger partial charge in [0.25, 0.3) is 5.91 Å². The summed E-state index contributed by atoms with van der Waals surface area (Å²) in [4.78, 5) is 30.5. The molecular formula is C19H20ClN3O3. The number of ether oxygens (including phenoxy) is 1. The molecule has 2 amide bonds. The van der Waals surface area contributed by atoms with E-state index in [2.05, 4.69) is 10.3 Å². The van der Waals surface area contributed by atoms with E-state index in [1.165, 1.54) is 12.1 Å². The van der Waals surface area contributed by atoms with Crippen LogP contribution in [-0.4, -0.2) is 27.5 Å². The molecule has 26 heavy (non-hydrogen) atoms. The lowest BCUT2D eigenvalue weighted by atomic mass is 10.1. The maximum atomic E-state index is 12.8. The first-order valence-corrected chi connectivity index (χ1v) is 8.63. The van der Waals surface area contributed by atoms with Crippen molar-refractivity contribution in [3.05, 3.63) is 58.4 Å². The van der Waals surface area contributed by atoms with Crippen LogP contribution in [0.25, 0.3) is 0 Å². The molecule has 7 heteroatoms. The van der Waals surface area contributed by atoms with Crippen molar-refractivity contribution >= 4 is 29.3 Å². The lowest BCUT2D eigenvalue weighted by Crippen LogP contribution is -2.28. The van der Waals surface area contributed by atoms with Crippen LogP contribution in [0.15, 0.2) is 36.4 Å². The number of hydrogen-bond acceptors (Lipinski definition) is 4. The summed E-state index contributed by atoms with van der Waals surface area (Å²) in [5, 5.41) is 2.71. The van der Waals surface area contributed by atoms with Crippen molar-refractivity contribution in [2.45, 2.75) is 39.5 Å². The van der Waals surface area contributed by atoms with Crippen LogP contribution in [0.5, 0.6) is 0 Å². The Morgan fingerprint density at radius 2 is 1.77 bits per heavy atom. The highest BCUT2D eigenvalue weighted by molar-refractivity contribution is 6.30. The summed E-state index contributed by atoms with van der Waals surface area (Å²) in [7, 11) is 0. The Bertz CT molecular complexity index is 836. The van der Waals surface area contributed by atoms with Gasteiger partial charge in [-0.05, 0) is 44.0 Å². The quantitative estimate of drug-likeness (QED) is 0.799. The van der Waals surface area contributed by atoms with E-state index in [4.69, 9.17) is 16.3 Å². The molecule has 0 spiro atoms. The second kappa shape index (κ2) is 6.96. The Labute approximate surface area is 157 Å². The zero-order valence-electron chi connectivity index (χ0n) is 14.9. The van der Waals surface area contributed by atoms with Crippen LogP contribution in [0.2, 0.25) is 5.15 Å². The summed E-state index contributed by atoms with van der Waals surface area (Å²) in [6.45, 7) is 6.36. The van der Waals surface area contributed by atoms with Gasteiger partial charge in [0.1, 0.15) is 16.4 Å². The molecule has 0 radical (unpaired) electrons. The van der Waals surface area contributed by atoms with E-state index < -0.39 is 11.7 Å². The van der Waals surface area contributed by atoms with Gasteiger partial charge in [0.05, 0.1) is 0 Å². The lowest BCUT2D eigenvalue weighted by Gasteiger charge is -2.20. The Hall–Kier alpha value is -2.60. The predicted octanol–water partition coefficient (Wildman–Crippen LogP) is 4.24. The van der Waals surface area contributed by atoms with Crippen molar-refractivity contribution in [3.63, 3.8) is 0 Å². The van der Waals surface area contributed by atoms with Gasteiger partial charge in [-0.15, -0.1) is 0 Å². The molecule has 0 saturated carbocycles. The van der Waals surface area contributed by atoms with Crippen LogP contribution < -0.4 is 5.32 Å². The molecule has 1 aromatic carbocycles. The largest absolute Gasteiger partial charge is 0.444 e. The zero-order valence-corrected chi connectivity index (χ0v) is 15.6. The lowest BCUT2D eigenvalue weighted by molar-refractivity contribution is 0.0634. The Morgan fingerprint density at radius 1 is 1.15 bits per heavy atom. The molecule has 1 aromatic heterocycles. The van der Waals surface area contributed by atoms with Crippen molar-refractivity contribution in [2.24, 2.45) is 0 Å². The number of aromatic nitrogens is 1. The third-order valence-corrected chi connectivity index (χ3v) is 3.98. The standard InChI is InChI=1S/C19H20ClN3O3/c1-19(2,3)26-18(25)21-14-8-15(22-16(20)9-14)17(24)23-10-12-6-4-5-7-13(12)11-23/h4-9H,10-11H2,1-3H3,(H,21,22,25). The summed E-state index contributed by atoms with van der Waals surface area (Å²) in [5.41, 5.74) is 2.15. The van der Waals surface area contributed by atoms with E-state index in [0.717, 1.165) is 11.1 Å². The van der Waals surface area contributed by atoms with Gasteiger partial charge in [-0.2, -0.15) is 0 Å². The minimum Gasteiger partial charge on any atom is -0.444 e. The molecule has 136 valence electrons. The molecule has 6 nitrogen and oxygen atoms in total. The maximum absolute atomic E-state index is 12.8. The number of nitrogens with zero attached hydrogens (tertiary/aromatic N) is 2. The first kappa shape index (κ1) is 18.2. The van der Waals surface area contributed by atoms with Crippen molar-refractivity contribution in [2.75, 3.05) is 5.32 Å². The third kappa shape index (κ3) is 4.32. The van der Waals surface area contributed by atoms with Crippen molar-refractivity contribution in [1.29, 1.82) is 0 Å². The van der Waals surface area contributed by atoms with E-state index in [-0.39, 0.29) is 16.8 Å². The van der Waals surface area contributed by atoms with Gasteiger partial charge in [0, 0.05) is 18.8 Å². The number of rotatable bonds is 2. The van der Waals surface area contributed by atoms with Crippen LogP contribution in [0.4, 0.5) is 10.5 Å². The van der Waals surface area contributed by atoms with Crippen LogP contribution >= 0.6 is 11.6 Å². The molecular weight excluding hydrogens is 354 g/mol. The van der Waals surface area contributed by atoms with Crippen LogP contribution in [0, 0.1) is 0 Å². The van der Waals surface area contributed by atoms with E-state index >= 15 is 0 Å². The number of amides is 2. The van der Waals surface area contributed by atoms with E-state index in [1.54, 1.807) is 25.7 Å². The normalized spacial score (nSPS) is 13.3. The van der Waals surface area contributed by atoms with E-state index in [9.17, 15) is 9.59 Å². The van der Waals surface area contributed by atoms with Gasteiger partial charge < -0.3 is 9.64 Å². The average molecular weight is 374 g/mol. The Morgan fingerprint density at radius 3 is 2.35 bits per heavy atom. The molecule has 0 fully saturated rings. The number of hydrogen-bond donors (Lipinski definition) is 1. The molecule has 0 aliphatic carbocycles. The first-order chi connectivity index (χ1) is 12.2. The topological polar surface area (TPSA) is 71.5 Å². The molecule has 0 atom stereocenters. The first-order valence-electron chi connectivity index (χ1n) is 8.25. The molecule has 1 aliphatic rings. The van der Waals surface area contributed by atoms with Crippen molar-refractivity contribution in [3.8, 4) is 0 Å². The smallest absolute Gasteiger partial charge is 0.412 e. The summed E-state index contributed by atoms with van der Waals surface area (Å²) in [5.74, 6) is -0.240. The highest BCUT2D eigenvalue weighted by Gasteiger charge is 2.25. The Kier molecular flexibility index (Phi) is 4.87. The molecule has 1 N–H and O–H groups in total. The molecule has 2 aromatic rings. The maximum Gasteiger partial charge on any atom is 0.412 e. The minimum absolute atomic E-state index is 0.124. The van der Waals surface area contributed by atoms with Gasteiger partial charge in [-0.25, -0.2) is 9.78 Å². The number of nitrogens with one attached hydrogen (secondary N) is 1. The van der Waals surface area contributed by atoms with Gasteiger partial charge in [0.15, 0.2) is 0 Å². The Balaban J connectivity index is 1.76. The summed E-state index contributed by atoms with van der Waals surface area (Å²) < 4.78 is 5.22. The predicted molar refractivity (Wildman–Crippen MR) is 99.1 cm³/mol. The fourth-order valence-corrected chi connectivity index (χ4v) is 2.95. The summed E-state index contributed by atoms with van der Waals surface area (Å²) in [6.07, 6.45) is -0.619. The third-order valence-electron chi connectivity index (χ3n) is 3.79. The number of anilines is 1. The number of carbonyl (C=O) groups is 2. The number of carbonyl (C=O) groups excluding carboxylic acids is 2. The second-order valence-corrected chi connectivity index (χ2v) is 7.51. The van der Waals surface area contributed by atoms with Crippen LogP contribution in [0.3, 0.4) is 0 Å². The van der Waals surface area contributed by atoms with Gasteiger partial charge in [-0.3, -0.25) is 10.1 Å². The number of benzene rings is 1. The number of halogens is 1. The highest BCUT2D eigenvalue weighted by atomic mass is 35.5. The molecule has 1 aliphatic heterocycles. The van der Waals surface area contributed by atoms with E-state index in [0.29, 0.717) is 18.8 Å². The molecule has 0 saturated heterocycles. The second-order valence-electron chi connectivity index (χ2n) is 7.12. The summed E-state index contributed by atoms with van der Waals surface area (Å²) in [6, 6.07) is 10.9. The highest BCUT2D eigenvalue weighted by Crippen LogP contribution is 2.25. The summed E-state index contributed by atoms with van der Waals surface area (Å²) >= 11 is 6.03. The van der Waals surface area contributed by atoms with Crippen LogP contribution in [-0.2, 0) is 17.8 Å². The zero-order chi connectivity index (χ0) is 18.9. The van der Waals surface area contributed by atoms with Crippen molar-refractivity contribution < 1.29 is 14.3 Å². The fraction of sp³-hybridized carbons (Fsp3) is 0.316. The van der Waals surface area contributed by atoms with E-state index in [1.807, 2.05) is 24.3 Å². The fourth-order valence-electron chi connectivity index (χ4n) is 2.74. The molecule has 0 unspecified atom stereocenters. The minimum atomic E-state index is -0.624. The molecule has 2 heterocycles. The SMILES string of the molecule is CC(C)(C)OC(=O)Nc1cc(Cl)nc(C(=O)N2Cc3ccccc3C2)c1.